The van der Waals surface area contributed by atoms with Crippen LogP contribution in [0.1, 0.15) is 11.1 Å². The Kier molecular flexibility index (Phi) is 3.26. The Morgan fingerprint density at radius 3 is 2.28 bits per heavy atom. The number of nitrogens with zero attached hydrogens (tertiary/aromatic N) is 2. The van der Waals surface area contributed by atoms with Crippen LogP contribution in [-0.4, -0.2) is 10.2 Å². The molecule has 0 amide bonds. The van der Waals surface area contributed by atoms with E-state index in [1.807, 2.05) is 0 Å². The van der Waals surface area contributed by atoms with Crippen molar-refractivity contribution in [1.29, 1.82) is 0 Å². The van der Waals surface area contributed by atoms with Crippen LogP contribution in [0.3, 0.4) is 0 Å². The monoisotopic (exact) mass is 272 g/mol. The number of halogens is 4. The highest BCUT2D eigenvalue weighted by Crippen LogP contribution is 2.32. The van der Waals surface area contributed by atoms with E-state index in [1.165, 1.54) is 6.07 Å². The summed E-state index contributed by atoms with van der Waals surface area (Å²) in [5.41, 5.74) is 0.907. The van der Waals surface area contributed by atoms with E-state index in [1.54, 1.807) is 19.1 Å². The molecule has 0 unspecified atom stereocenters. The predicted molar refractivity (Wildman–Crippen MR) is 62.2 cm³/mol. The number of rotatable bonds is 1. The number of hydrogen-bond acceptors (Lipinski definition) is 2. The lowest BCUT2D eigenvalue weighted by Crippen LogP contribution is -2.05. The van der Waals surface area contributed by atoms with E-state index in [2.05, 4.69) is 10.2 Å². The maximum Gasteiger partial charge on any atom is 0.416 e. The summed E-state index contributed by atoms with van der Waals surface area (Å²) in [4.78, 5) is 0. The van der Waals surface area contributed by atoms with Gasteiger partial charge in [-0.3, -0.25) is 0 Å². The van der Waals surface area contributed by atoms with Gasteiger partial charge in [-0.05, 0) is 36.8 Å². The first-order chi connectivity index (χ1) is 8.38. The van der Waals surface area contributed by atoms with Crippen LogP contribution < -0.4 is 0 Å². The highest BCUT2D eigenvalue weighted by Gasteiger charge is 2.30. The molecular weight excluding hydrogens is 265 g/mol. The van der Waals surface area contributed by atoms with Gasteiger partial charge in [0, 0.05) is 5.56 Å². The van der Waals surface area contributed by atoms with Crippen LogP contribution in [-0.2, 0) is 6.18 Å². The molecule has 0 spiro atoms. The first-order valence-corrected chi connectivity index (χ1v) is 5.43. The van der Waals surface area contributed by atoms with Gasteiger partial charge in [0.1, 0.15) is 0 Å². The molecule has 1 aromatic carbocycles. The average molecular weight is 273 g/mol. The molecule has 2 nitrogen and oxygen atoms in total. The Hall–Kier alpha value is -1.62. The minimum atomic E-state index is -4.34. The Balaban J connectivity index is 2.45. The lowest BCUT2D eigenvalue weighted by molar-refractivity contribution is -0.137. The van der Waals surface area contributed by atoms with Crippen molar-refractivity contribution in [2.75, 3.05) is 0 Å². The van der Waals surface area contributed by atoms with Crippen LogP contribution in [0.2, 0.25) is 5.15 Å². The van der Waals surface area contributed by atoms with Crippen molar-refractivity contribution in [3.05, 3.63) is 46.6 Å². The van der Waals surface area contributed by atoms with Crippen molar-refractivity contribution in [1.82, 2.24) is 10.2 Å². The van der Waals surface area contributed by atoms with Crippen molar-refractivity contribution in [2.24, 2.45) is 0 Å². The summed E-state index contributed by atoms with van der Waals surface area (Å²) in [5, 5.41) is 7.74. The Morgan fingerprint density at radius 1 is 1.06 bits per heavy atom. The molecule has 0 aliphatic rings. The molecule has 0 bridgehead atoms. The largest absolute Gasteiger partial charge is 0.416 e. The number of aryl methyl sites for hydroxylation is 1. The highest BCUT2D eigenvalue weighted by molar-refractivity contribution is 6.29. The topological polar surface area (TPSA) is 25.8 Å². The Bertz CT molecular complexity index is 565. The van der Waals surface area contributed by atoms with Crippen molar-refractivity contribution in [3.63, 3.8) is 0 Å². The van der Waals surface area contributed by atoms with Crippen molar-refractivity contribution in [3.8, 4) is 11.3 Å². The summed E-state index contributed by atoms with van der Waals surface area (Å²) >= 11 is 5.60. The molecule has 2 aromatic rings. The highest BCUT2D eigenvalue weighted by atomic mass is 35.5. The van der Waals surface area contributed by atoms with E-state index in [4.69, 9.17) is 11.6 Å². The molecule has 0 N–H and O–H groups in total. The van der Waals surface area contributed by atoms with Crippen molar-refractivity contribution >= 4 is 11.6 Å². The van der Waals surface area contributed by atoms with Crippen LogP contribution >= 0.6 is 11.6 Å². The summed E-state index contributed by atoms with van der Waals surface area (Å²) in [5.74, 6) is 0. The smallest absolute Gasteiger partial charge is 0.166 e. The molecule has 0 radical (unpaired) electrons. The summed E-state index contributed by atoms with van der Waals surface area (Å²) < 4.78 is 37.5. The predicted octanol–water partition coefficient (Wildman–Crippen LogP) is 4.12. The van der Waals surface area contributed by atoms with E-state index in [-0.39, 0.29) is 5.15 Å². The standard InChI is InChI=1S/C12H8ClF3N2/c1-7-6-8(12(14,15)16)2-3-9(7)10-4-5-11(13)18-17-10/h2-6H,1H3. The zero-order valence-corrected chi connectivity index (χ0v) is 10.0. The van der Waals surface area contributed by atoms with E-state index in [0.29, 0.717) is 16.8 Å². The van der Waals surface area contributed by atoms with Gasteiger partial charge in [-0.1, -0.05) is 17.7 Å². The molecule has 0 atom stereocenters. The quantitative estimate of drug-likeness (QED) is 0.780. The minimum Gasteiger partial charge on any atom is -0.166 e. The van der Waals surface area contributed by atoms with Crippen molar-refractivity contribution < 1.29 is 13.2 Å². The molecule has 18 heavy (non-hydrogen) atoms. The second kappa shape index (κ2) is 4.57. The molecule has 0 saturated heterocycles. The number of alkyl halides is 3. The van der Waals surface area contributed by atoms with Gasteiger partial charge in [0.15, 0.2) is 5.15 Å². The van der Waals surface area contributed by atoms with E-state index in [9.17, 15) is 13.2 Å². The third-order valence-electron chi connectivity index (χ3n) is 2.46. The molecule has 94 valence electrons. The molecule has 0 aliphatic carbocycles. The van der Waals surface area contributed by atoms with Gasteiger partial charge >= 0.3 is 6.18 Å². The number of hydrogen-bond donors (Lipinski definition) is 0. The van der Waals surface area contributed by atoms with Crippen LogP contribution in [0.5, 0.6) is 0 Å². The number of aromatic nitrogens is 2. The summed E-state index contributed by atoms with van der Waals surface area (Å²) in [6, 6.07) is 6.66. The molecule has 2 rings (SSSR count). The fourth-order valence-corrected chi connectivity index (χ4v) is 1.69. The van der Waals surface area contributed by atoms with Crippen LogP contribution in [0, 0.1) is 6.92 Å². The van der Waals surface area contributed by atoms with Gasteiger partial charge in [-0.2, -0.15) is 13.2 Å². The Morgan fingerprint density at radius 2 is 1.78 bits per heavy atom. The summed E-state index contributed by atoms with van der Waals surface area (Å²) in [6.07, 6.45) is -4.34. The maximum atomic E-state index is 12.5. The molecule has 0 saturated carbocycles. The lowest BCUT2D eigenvalue weighted by atomic mass is 10.0. The van der Waals surface area contributed by atoms with Gasteiger partial charge < -0.3 is 0 Å². The van der Waals surface area contributed by atoms with E-state index in [0.717, 1.165) is 12.1 Å². The molecule has 1 aromatic heterocycles. The lowest BCUT2D eigenvalue weighted by Gasteiger charge is -2.10. The SMILES string of the molecule is Cc1cc(C(F)(F)F)ccc1-c1ccc(Cl)nn1. The minimum absolute atomic E-state index is 0.239. The molecule has 0 aliphatic heterocycles. The number of benzene rings is 1. The van der Waals surface area contributed by atoms with Crippen LogP contribution in [0.15, 0.2) is 30.3 Å². The second-order valence-electron chi connectivity index (χ2n) is 3.77. The third-order valence-corrected chi connectivity index (χ3v) is 2.66. The molecule has 1 heterocycles. The van der Waals surface area contributed by atoms with E-state index < -0.39 is 11.7 Å². The van der Waals surface area contributed by atoms with Gasteiger partial charge in [0.2, 0.25) is 0 Å². The van der Waals surface area contributed by atoms with Gasteiger partial charge in [-0.25, -0.2) is 0 Å². The summed E-state index contributed by atoms with van der Waals surface area (Å²) in [6.45, 7) is 1.60. The molecule has 6 heteroatoms. The van der Waals surface area contributed by atoms with Crippen LogP contribution in [0.4, 0.5) is 13.2 Å². The summed E-state index contributed by atoms with van der Waals surface area (Å²) in [7, 11) is 0. The van der Waals surface area contributed by atoms with E-state index >= 15 is 0 Å². The van der Waals surface area contributed by atoms with Gasteiger partial charge in [0.05, 0.1) is 11.3 Å². The molecular formula is C12H8ClF3N2. The molecule has 0 fully saturated rings. The normalized spacial score (nSPS) is 11.6. The third kappa shape index (κ3) is 2.61. The Labute approximate surface area is 106 Å². The first-order valence-electron chi connectivity index (χ1n) is 5.05. The zero-order valence-electron chi connectivity index (χ0n) is 9.29. The van der Waals surface area contributed by atoms with Gasteiger partial charge in [0.25, 0.3) is 0 Å². The van der Waals surface area contributed by atoms with Crippen LogP contribution in [0.25, 0.3) is 11.3 Å². The fourth-order valence-electron chi connectivity index (χ4n) is 1.59. The zero-order chi connectivity index (χ0) is 13.3. The fraction of sp³-hybridized carbons (Fsp3) is 0.167. The average Bonchev–Trinajstić information content (AvgIpc) is 2.29. The first kappa shape index (κ1) is 12.8. The van der Waals surface area contributed by atoms with Gasteiger partial charge in [-0.15, -0.1) is 10.2 Å². The maximum absolute atomic E-state index is 12.5. The van der Waals surface area contributed by atoms with Crippen molar-refractivity contribution in [2.45, 2.75) is 13.1 Å². The second-order valence-corrected chi connectivity index (χ2v) is 4.16.